The van der Waals surface area contributed by atoms with E-state index in [1.807, 2.05) is 0 Å². The average molecular weight is 447 g/mol. The summed E-state index contributed by atoms with van der Waals surface area (Å²) >= 11 is 0. The number of aromatic nitrogens is 6. The quantitative estimate of drug-likeness (QED) is 0.229. The standard InChI is InChI=1S/C21H21N9O3/c1-32-15-10-13(11-16(27-15)33-2)17(26-14-6-4-12(5-7-14)18(22)23)19-28-21(31)30(29-19)20-24-8-3-9-25-20/h3-11,17,26H,1-2H3,(H3,22,23)(H,28,29,31). The number of H-pyrrole nitrogens is 1. The van der Waals surface area contributed by atoms with Crippen molar-refractivity contribution in [2.75, 3.05) is 19.5 Å². The summed E-state index contributed by atoms with van der Waals surface area (Å²) in [5.41, 5.74) is 7.01. The lowest BCUT2D eigenvalue weighted by Gasteiger charge is -2.19. The maximum atomic E-state index is 12.6. The lowest BCUT2D eigenvalue weighted by atomic mass is 10.1. The third-order valence-corrected chi connectivity index (χ3v) is 4.71. The summed E-state index contributed by atoms with van der Waals surface area (Å²) in [6.07, 6.45) is 3.04. The van der Waals surface area contributed by atoms with Crippen LogP contribution < -0.4 is 26.2 Å². The van der Waals surface area contributed by atoms with Gasteiger partial charge in [-0.25, -0.2) is 14.8 Å². The molecule has 4 rings (SSSR count). The molecule has 1 aromatic carbocycles. The summed E-state index contributed by atoms with van der Waals surface area (Å²) in [6.45, 7) is 0. The van der Waals surface area contributed by atoms with E-state index in [1.54, 1.807) is 42.5 Å². The highest BCUT2D eigenvalue weighted by Gasteiger charge is 2.23. The fourth-order valence-corrected chi connectivity index (χ4v) is 3.10. The molecule has 1 atom stereocenters. The summed E-state index contributed by atoms with van der Waals surface area (Å²) < 4.78 is 11.7. The van der Waals surface area contributed by atoms with Crippen molar-refractivity contribution < 1.29 is 9.47 Å². The van der Waals surface area contributed by atoms with Crippen molar-refractivity contribution in [1.82, 2.24) is 29.7 Å². The number of rotatable bonds is 8. The molecule has 5 N–H and O–H groups in total. The number of amidine groups is 1. The lowest BCUT2D eigenvalue weighted by molar-refractivity contribution is 0.363. The normalized spacial score (nSPS) is 11.6. The minimum Gasteiger partial charge on any atom is -0.481 e. The Morgan fingerprint density at radius 3 is 2.33 bits per heavy atom. The van der Waals surface area contributed by atoms with E-state index in [-0.39, 0.29) is 11.8 Å². The molecule has 0 spiro atoms. The summed E-state index contributed by atoms with van der Waals surface area (Å²) in [5, 5.41) is 15.3. The van der Waals surface area contributed by atoms with Crippen LogP contribution in [-0.2, 0) is 0 Å². The van der Waals surface area contributed by atoms with Gasteiger partial charge >= 0.3 is 5.69 Å². The van der Waals surface area contributed by atoms with Crippen molar-refractivity contribution in [3.63, 3.8) is 0 Å². The first-order chi connectivity index (χ1) is 16.0. The number of hydrogen-bond donors (Lipinski definition) is 4. The fraction of sp³-hybridized carbons (Fsp3) is 0.143. The van der Waals surface area contributed by atoms with Crippen LogP contribution in [0.5, 0.6) is 11.8 Å². The van der Waals surface area contributed by atoms with Crippen LogP contribution >= 0.6 is 0 Å². The van der Waals surface area contributed by atoms with Gasteiger partial charge in [-0.05, 0) is 35.9 Å². The van der Waals surface area contributed by atoms with E-state index in [4.69, 9.17) is 20.6 Å². The van der Waals surface area contributed by atoms with Gasteiger partial charge in [-0.2, -0.15) is 4.98 Å². The van der Waals surface area contributed by atoms with Crippen molar-refractivity contribution in [3.05, 3.63) is 82.3 Å². The van der Waals surface area contributed by atoms with Gasteiger partial charge in [0.25, 0.3) is 5.95 Å². The Kier molecular flexibility index (Phi) is 5.98. The number of ether oxygens (including phenoxy) is 2. The molecule has 4 aromatic rings. The second-order valence-corrected chi connectivity index (χ2v) is 6.83. The Balaban J connectivity index is 1.80. The second kappa shape index (κ2) is 9.18. The van der Waals surface area contributed by atoms with E-state index < -0.39 is 11.7 Å². The number of anilines is 1. The van der Waals surface area contributed by atoms with Crippen LogP contribution in [-0.4, -0.2) is 49.8 Å². The number of nitrogens with two attached hydrogens (primary N) is 1. The van der Waals surface area contributed by atoms with Crippen molar-refractivity contribution in [2.24, 2.45) is 5.73 Å². The number of hydrogen-bond acceptors (Lipinski definition) is 9. The van der Waals surface area contributed by atoms with E-state index >= 15 is 0 Å². The molecular weight excluding hydrogens is 426 g/mol. The number of benzene rings is 1. The van der Waals surface area contributed by atoms with Gasteiger partial charge in [-0.3, -0.25) is 10.4 Å². The highest BCUT2D eigenvalue weighted by Crippen LogP contribution is 2.29. The van der Waals surface area contributed by atoms with Crippen LogP contribution in [0.15, 0.2) is 59.7 Å². The number of pyridine rings is 1. The van der Waals surface area contributed by atoms with Crippen molar-refractivity contribution >= 4 is 11.5 Å². The predicted octanol–water partition coefficient (Wildman–Crippen LogP) is 1.25. The molecule has 3 aromatic heterocycles. The van der Waals surface area contributed by atoms with Gasteiger partial charge in [0.15, 0.2) is 5.82 Å². The zero-order chi connectivity index (χ0) is 23.4. The first-order valence-corrected chi connectivity index (χ1v) is 9.76. The smallest absolute Gasteiger partial charge is 0.350 e. The molecule has 0 aliphatic heterocycles. The number of nitrogen functional groups attached to an aromatic ring is 1. The molecule has 0 saturated heterocycles. The van der Waals surface area contributed by atoms with Crippen LogP contribution in [0.2, 0.25) is 0 Å². The summed E-state index contributed by atoms with van der Waals surface area (Å²) in [4.78, 5) is 27.8. The third kappa shape index (κ3) is 4.63. The van der Waals surface area contributed by atoms with Gasteiger partial charge in [-0.15, -0.1) is 9.78 Å². The Morgan fingerprint density at radius 1 is 1.12 bits per heavy atom. The van der Waals surface area contributed by atoms with E-state index in [9.17, 15) is 4.79 Å². The van der Waals surface area contributed by atoms with E-state index in [0.717, 1.165) is 4.68 Å². The van der Waals surface area contributed by atoms with Crippen LogP contribution in [0.4, 0.5) is 5.69 Å². The molecule has 0 radical (unpaired) electrons. The number of nitrogens with zero attached hydrogens (tertiary/aromatic N) is 5. The highest BCUT2D eigenvalue weighted by molar-refractivity contribution is 5.95. The fourth-order valence-electron chi connectivity index (χ4n) is 3.10. The molecule has 3 heterocycles. The SMILES string of the molecule is COc1cc(C(Nc2ccc(C(=N)N)cc2)c2nn(-c3ncccn3)c(=O)[nH]2)cc(OC)n1. The highest BCUT2D eigenvalue weighted by atomic mass is 16.5. The average Bonchev–Trinajstić information content (AvgIpc) is 3.24. The maximum Gasteiger partial charge on any atom is 0.350 e. The van der Waals surface area contributed by atoms with Crippen molar-refractivity contribution in [1.29, 1.82) is 5.41 Å². The molecule has 12 heteroatoms. The van der Waals surface area contributed by atoms with Gasteiger partial charge in [0.2, 0.25) is 11.8 Å². The summed E-state index contributed by atoms with van der Waals surface area (Å²) in [6, 6.07) is 11.4. The number of aromatic amines is 1. The lowest BCUT2D eigenvalue weighted by Crippen LogP contribution is -2.18. The van der Waals surface area contributed by atoms with Gasteiger partial charge in [0, 0.05) is 35.8 Å². The van der Waals surface area contributed by atoms with Crippen LogP contribution in [0.1, 0.15) is 23.0 Å². The van der Waals surface area contributed by atoms with Crippen LogP contribution in [0, 0.1) is 5.41 Å². The molecule has 12 nitrogen and oxygen atoms in total. The predicted molar refractivity (Wildman–Crippen MR) is 120 cm³/mol. The monoisotopic (exact) mass is 447 g/mol. The summed E-state index contributed by atoms with van der Waals surface area (Å²) in [5.74, 6) is 1.07. The van der Waals surface area contributed by atoms with Crippen molar-refractivity contribution in [3.8, 4) is 17.7 Å². The Bertz CT molecular complexity index is 1290. The molecular formula is C21H21N9O3. The van der Waals surface area contributed by atoms with Gasteiger partial charge in [0.05, 0.1) is 14.2 Å². The molecule has 168 valence electrons. The van der Waals surface area contributed by atoms with E-state index in [1.165, 1.54) is 26.6 Å². The Morgan fingerprint density at radius 2 is 1.76 bits per heavy atom. The second-order valence-electron chi connectivity index (χ2n) is 6.83. The molecule has 0 fully saturated rings. The minimum atomic E-state index is -0.628. The van der Waals surface area contributed by atoms with Crippen LogP contribution in [0.25, 0.3) is 5.95 Å². The van der Waals surface area contributed by atoms with Gasteiger partial charge in [0.1, 0.15) is 11.9 Å². The van der Waals surface area contributed by atoms with Crippen molar-refractivity contribution in [2.45, 2.75) is 6.04 Å². The largest absolute Gasteiger partial charge is 0.481 e. The molecule has 0 aliphatic rings. The zero-order valence-corrected chi connectivity index (χ0v) is 17.8. The molecule has 0 amide bonds. The maximum absolute atomic E-state index is 12.6. The Hall–Kier alpha value is -4.74. The number of nitrogens with one attached hydrogen (secondary N) is 3. The van der Waals surface area contributed by atoms with E-state index in [2.05, 4.69) is 30.4 Å². The number of methoxy groups -OCH3 is 2. The minimum absolute atomic E-state index is 0.0346. The first kappa shape index (κ1) is 21.5. The molecule has 1 unspecified atom stereocenters. The molecule has 33 heavy (non-hydrogen) atoms. The summed E-state index contributed by atoms with van der Waals surface area (Å²) in [7, 11) is 3.00. The van der Waals surface area contributed by atoms with Gasteiger partial charge in [-0.1, -0.05) is 0 Å². The zero-order valence-electron chi connectivity index (χ0n) is 17.8. The molecule has 0 saturated carbocycles. The molecule has 0 bridgehead atoms. The molecule has 0 aliphatic carbocycles. The Labute approximate surface area is 188 Å². The first-order valence-electron chi connectivity index (χ1n) is 9.76. The topological polar surface area (TPSA) is 170 Å². The van der Waals surface area contributed by atoms with Crippen LogP contribution in [0.3, 0.4) is 0 Å². The third-order valence-electron chi connectivity index (χ3n) is 4.71. The van der Waals surface area contributed by atoms with E-state index in [0.29, 0.717) is 34.4 Å². The van der Waals surface area contributed by atoms with Gasteiger partial charge < -0.3 is 20.5 Å².